The molecule has 1 unspecified atom stereocenters. The van der Waals surface area contributed by atoms with Crippen molar-refractivity contribution in [1.29, 1.82) is 0 Å². The van der Waals surface area contributed by atoms with Crippen LogP contribution in [0.3, 0.4) is 0 Å². The number of hydrogen-bond donors (Lipinski definition) is 2. The van der Waals surface area contributed by atoms with Crippen LogP contribution in [0.25, 0.3) is 0 Å². The lowest BCUT2D eigenvalue weighted by molar-refractivity contribution is -0.117. The average Bonchev–Trinajstić information content (AvgIpc) is 2.99. The first-order chi connectivity index (χ1) is 11.2. The van der Waals surface area contributed by atoms with Crippen LogP contribution in [0.4, 0.5) is 5.69 Å². The van der Waals surface area contributed by atoms with E-state index in [0.717, 1.165) is 31.5 Å². The summed E-state index contributed by atoms with van der Waals surface area (Å²) >= 11 is 0. The van der Waals surface area contributed by atoms with Gasteiger partial charge in [0.2, 0.25) is 5.91 Å². The van der Waals surface area contributed by atoms with Gasteiger partial charge in [-0.25, -0.2) is 0 Å². The van der Waals surface area contributed by atoms with Crippen molar-refractivity contribution >= 4 is 17.5 Å². The number of hydrogen-bond acceptors (Lipinski definition) is 3. The van der Waals surface area contributed by atoms with E-state index >= 15 is 0 Å². The summed E-state index contributed by atoms with van der Waals surface area (Å²) in [5.74, 6) is 0.295. The molecule has 5 heteroatoms. The maximum absolute atomic E-state index is 12.3. The number of aliphatic hydroxyl groups excluding tert-OH is 1. The van der Waals surface area contributed by atoms with Crippen LogP contribution in [0.5, 0.6) is 0 Å². The zero-order valence-electron chi connectivity index (χ0n) is 13.8. The van der Waals surface area contributed by atoms with Crippen LogP contribution in [-0.4, -0.2) is 36.6 Å². The second-order valence-electron chi connectivity index (χ2n) is 6.08. The molecule has 0 bridgehead atoms. The summed E-state index contributed by atoms with van der Waals surface area (Å²) in [5, 5.41) is 12.0. The van der Waals surface area contributed by atoms with Crippen molar-refractivity contribution in [2.75, 3.05) is 24.6 Å². The van der Waals surface area contributed by atoms with Crippen molar-refractivity contribution in [1.82, 2.24) is 5.32 Å². The fourth-order valence-corrected chi connectivity index (χ4v) is 3.01. The van der Waals surface area contributed by atoms with Gasteiger partial charge in [0.05, 0.1) is 0 Å². The minimum absolute atomic E-state index is 0.119. The monoisotopic (exact) mass is 318 g/mol. The predicted octanol–water partition coefficient (Wildman–Crippen LogP) is 2.34. The van der Waals surface area contributed by atoms with Gasteiger partial charge in [0, 0.05) is 37.4 Å². The standard InChI is InChI=1S/C18H26N2O3/c1-2-5-14(9-11-21)13-19-18(23)15-6-3-7-16(12-15)20-10-4-8-17(20)22/h3,6-7,12,14,21H,2,4-5,8-11,13H2,1H3,(H,19,23). The van der Waals surface area contributed by atoms with E-state index in [1.165, 1.54) is 0 Å². The summed E-state index contributed by atoms with van der Waals surface area (Å²) in [4.78, 5) is 25.9. The number of aliphatic hydroxyl groups is 1. The number of nitrogens with one attached hydrogen (secondary N) is 1. The molecule has 0 saturated carbocycles. The molecule has 1 aliphatic rings. The van der Waals surface area contributed by atoms with Crippen LogP contribution in [0.15, 0.2) is 24.3 Å². The van der Waals surface area contributed by atoms with E-state index < -0.39 is 0 Å². The fourth-order valence-electron chi connectivity index (χ4n) is 3.01. The summed E-state index contributed by atoms with van der Waals surface area (Å²) in [6.45, 7) is 3.54. The Kier molecular flexibility index (Phi) is 6.59. The number of anilines is 1. The second-order valence-corrected chi connectivity index (χ2v) is 6.08. The Bertz CT molecular complexity index is 539. The van der Waals surface area contributed by atoms with Gasteiger partial charge in [0.1, 0.15) is 0 Å². The number of benzene rings is 1. The third-order valence-electron chi connectivity index (χ3n) is 4.28. The Balaban J connectivity index is 1.98. The third kappa shape index (κ3) is 4.79. The van der Waals surface area contributed by atoms with Crippen molar-refractivity contribution in [3.63, 3.8) is 0 Å². The van der Waals surface area contributed by atoms with Crippen LogP contribution in [0.1, 0.15) is 49.4 Å². The quantitative estimate of drug-likeness (QED) is 0.773. The highest BCUT2D eigenvalue weighted by atomic mass is 16.3. The van der Waals surface area contributed by atoms with E-state index in [2.05, 4.69) is 12.2 Å². The number of amides is 2. The van der Waals surface area contributed by atoms with Gasteiger partial charge in [0.25, 0.3) is 5.91 Å². The first kappa shape index (κ1) is 17.5. The lowest BCUT2D eigenvalue weighted by Crippen LogP contribution is -2.30. The van der Waals surface area contributed by atoms with Gasteiger partial charge >= 0.3 is 0 Å². The highest BCUT2D eigenvalue weighted by Gasteiger charge is 2.22. The van der Waals surface area contributed by atoms with Crippen molar-refractivity contribution < 1.29 is 14.7 Å². The van der Waals surface area contributed by atoms with Crippen LogP contribution in [-0.2, 0) is 4.79 Å². The lowest BCUT2D eigenvalue weighted by atomic mass is 10.00. The average molecular weight is 318 g/mol. The zero-order valence-corrected chi connectivity index (χ0v) is 13.8. The van der Waals surface area contributed by atoms with Gasteiger partial charge in [-0.1, -0.05) is 19.4 Å². The molecule has 23 heavy (non-hydrogen) atoms. The Labute approximate surface area is 137 Å². The largest absolute Gasteiger partial charge is 0.396 e. The molecule has 1 aliphatic heterocycles. The molecule has 1 fully saturated rings. The summed E-state index contributed by atoms with van der Waals surface area (Å²) in [6.07, 6.45) is 4.18. The fraction of sp³-hybridized carbons (Fsp3) is 0.556. The van der Waals surface area contributed by atoms with Crippen molar-refractivity contribution in [3.8, 4) is 0 Å². The van der Waals surface area contributed by atoms with E-state index in [1.54, 1.807) is 17.0 Å². The first-order valence-electron chi connectivity index (χ1n) is 8.45. The molecule has 126 valence electrons. The maximum Gasteiger partial charge on any atom is 0.251 e. The number of nitrogens with zero attached hydrogens (tertiary/aromatic N) is 1. The molecule has 2 amide bonds. The van der Waals surface area contributed by atoms with Crippen molar-refractivity contribution in [3.05, 3.63) is 29.8 Å². The van der Waals surface area contributed by atoms with Gasteiger partial charge in [-0.3, -0.25) is 9.59 Å². The molecule has 0 aromatic heterocycles. The topological polar surface area (TPSA) is 69.6 Å². The summed E-state index contributed by atoms with van der Waals surface area (Å²) in [6, 6.07) is 7.22. The molecular weight excluding hydrogens is 292 g/mol. The highest BCUT2D eigenvalue weighted by Crippen LogP contribution is 2.22. The molecular formula is C18H26N2O3. The minimum Gasteiger partial charge on any atom is -0.396 e. The third-order valence-corrected chi connectivity index (χ3v) is 4.28. The predicted molar refractivity (Wildman–Crippen MR) is 90.5 cm³/mol. The molecule has 1 aromatic carbocycles. The maximum atomic E-state index is 12.3. The van der Waals surface area contributed by atoms with Gasteiger partial charge in [-0.05, 0) is 43.4 Å². The van der Waals surface area contributed by atoms with Gasteiger partial charge in [0.15, 0.2) is 0 Å². The Morgan fingerprint density at radius 1 is 1.39 bits per heavy atom. The normalized spacial score (nSPS) is 15.7. The molecule has 1 saturated heterocycles. The Hall–Kier alpha value is -1.88. The molecule has 2 rings (SSSR count). The molecule has 1 heterocycles. The van der Waals surface area contributed by atoms with Crippen LogP contribution >= 0.6 is 0 Å². The van der Waals surface area contributed by atoms with Gasteiger partial charge in [-0.15, -0.1) is 0 Å². The van der Waals surface area contributed by atoms with E-state index in [9.17, 15) is 9.59 Å². The van der Waals surface area contributed by atoms with E-state index in [0.29, 0.717) is 30.9 Å². The van der Waals surface area contributed by atoms with Gasteiger partial charge < -0.3 is 15.3 Å². The van der Waals surface area contributed by atoms with Gasteiger partial charge in [-0.2, -0.15) is 0 Å². The molecule has 5 nitrogen and oxygen atoms in total. The van der Waals surface area contributed by atoms with Crippen molar-refractivity contribution in [2.24, 2.45) is 5.92 Å². The number of carbonyl (C=O) groups is 2. The summed E-state index contributed by atoms with van der Waals surface area (Å²) < 4.78 is 0. The molecule has 0 spiro atoms. The number of carbonyl (C=O) groups excluding carboxylic acids is 2. The Morgan fingerprint density at radius 2 is 2.22 bits per heavy atom. The van der Waals surface area contributed by atoms with E-state index in [4.69, 9.17) is 5.11 Å². The second kappa shape index (κ2) is 8.67. The summed E-state index contributed by atoms with van der Waals surface area (Å²) in [5.41, 5.74) is 1.36. The smallest absolute Gasteiger partial charge is 0.251 e. The molecule has 1 aromatic rings. The SMILES string of the molecule is CCCC(CCO)CNC(=O)c1cccc(N2CCCC2=O)c1. The van der Waals surface area contributed by atoms with Crippen molar-refractivity contribution in [2.45, 2.75) is 39.0 Å². The molecule has 0 aliphatic carbocycles. The summed E-state index contributed by atoms with van der Waals surface area (Å²) in [7, 11) is 0. The molecule has 1 atom stereocenters. The van der Waals surface area contributed by atoms with Crippen LogP contribution < -0.4 is 10.2 Å². The number of rotatable bonds is 8. The minimum atomic E-state index is -0.127. The Morgan fingerprint density at radius 3 is 2.87 bits per heavy atom. The highest BCUT2D eigenvalue weighted by molar-refractivity contribution is 5.99. The van der Waals surface area contributed by atoms with E-state index in [1.807, 2.05) is 12.1 Å². The molecule has 0 radical (unpaired) electrons. The zero-order chi connectivity index (χ0) is 16.7. The van der Waals surface area contributed by atoms with Crippen LogP contribution in [0.2, 0.25) is 0 Å². The van der Waals surface area contributed by atoms with E-state index in [-0.39, 0.29) is 18.4 Å². The lowest BCUT2D eigenvalue weighted by Gasteiger charge is -2.18. The molecule has 2 N–H and O–H groups in total. The van der Waals surface area contributed by atoms with Crippen LogP contribution in [0, 0.1) is 5.92 Å². The first-order valence-corrected chi connectivity index (χ1v) is 8.45.